The number of carbonyl (C=O) groups is 1. The van der Waals surface area contributed by atoms with Gasteiger partial charge in [-0.05, 0) is 35.9 Å². The lowest BCUT2D eigenvalue weighted by molar-refractivity contribution is 0.0940. The summed E-state index contributed by atoms with van der Waals surface area (Å²) in [5.41, 5.74) is 2.74. The Bertz CT molecular complexity index is 1330. The van der Waals surface area contributed by atoms with Crippen molar-refractivity contribution in [3.63, 3.8) is 0 Å². The number of aliphatic hydroxyl groups is 1. The minimum absolute atomic E-state index is 0.0428. The van der Waals surface area contributed by atoms with Crippen LogP contribution in [0.1, 0.15) is 10.4 Å². The van der Waals surface area contributed by atoms with Crippen molar-refractivity contribution < 1.29 is 32.9 Å². The topological polar surface area (TPSA) is 103 Å². The van der Waals surface area contributed by atoms with Gasteiger partial charge in [0, 0.05) is 29.9 Å². The summed E-state index contributed by atoms with van der Waals surface area (Å²) in [6, 6.07) is 11.3. The van der Waals surface area contributed by atoms with Crippen molar-refractivity contribution in [1.29, 1.82) is 0 Å². The van der Waals surface area contributed by atoms with E-state index in [2.05, 4.69) is 10.3 Å². The van der Waals surface area contributed by atoms with Crippen LogP contribution in [0.5, 0.6) is 17.2 Å². The summed E-state index contributed by atoms with van der Waals surface area (Å²) in [5.74, 6) is 0.636. The van der Waals surface area contributed by atoms with Gasteiger partial charge in [-0.2, -0.15) is 0 Å². The first-order chi connectivity index (χ1) is 16.5. The summed E-state index contributed by atoms with van der Waals surface area (Å²) >= 11 is 0. The maximum absolute atomic E-state index is 14.7. The van der Waals surface area contributed by atoms with Crippen LogP contribution in [-0.4, -0.2) is 50.5 Å². The van der Waals surface area contributed by atoms with Crippen molar-refractivity contribution >= 4 is 17.0 Å². The number of carbonyl (C=O) groups excluding carboxylic acids is 1. The molecule has 0 aliphatic carbocycles. The SMILES string of the molecule is COc1cc(-c2cc3nccc(-c4ccc(C(=O)NCCO)c(F)c4)c3o2)cc(OC)c1OC. The van der Waals surface area contributed by atoms with E-state index in [1.54, 1.807) is 36.5 Å². The highest BCUT2D eigenvalue weighted by atomic mass is 19.1. The molecule has 2 N–H and O–H groups in total. The van der Waals surface area contributed by atoms with Gasteiger partial charge in [-0.1, -0.05) is 6.07 Å². The van der Waals surface area contributed by atoms with E-state index in [1.165, 1.54) is 33.5 Å². The van der Waals surface area contributed by atoms with Crippen LogP contribution in [0.25, 0.3) is 33.6 Å². The molecule has 0 radical (unpaired) electrons. The predicted molar refractivity (Wildman–Crippen MR) is 124 cm³/mol. The molecule has 0 bridgehead atoms. The average molecular weight is 466 g/mol. The van der Waals surface area contributed by atoms with Gasteiger partial charge >= 0.3 is 0 Å². The molecule has 176 valence electrons. The monoisotopic (exact) mass is 466 g/mol. The lowest BCUT2D eigenvalue weighted by atomic mass is 10.0. The first-order valence-electron chi connectivity index (χ1n) is 10.4. The van der Waals surface area contributed by atoms with E-state index in [1.807, 2.05) is 0 Å². The van der Waals surface area contributed by atoms with Gasteiger partial charge in [0.25, 0.3) is 5.91 Å². The van der Waals surface area contributed by atoms with E-state index in [0.717, 1.165) is 0 Å². The molecule has 0 unspecified atom stereocenters. The molecule has 8 nitrogen and oxygen atoms in total. The Hall–Kier alpha value is -4.11. The third-order valence-electron chi connectivity index (χ3n) is 5.28. The Morgan fingerprint density at radius 3 is 2.38 bits per heavy atom. The van der Waals surface area contributed by atoms with Gasteiger partial charge in [-0.15, -0.1) is 0 Å². The second-order valence-electron chi connectivity index (χ2n) is 7.27. The molecule has 1 amide bonds. The number of amides is 1. The summed E-state index contributed by atoms with van der Waals surface area (Å²) in [6.07, 6.45) is 1.60. The number of benzene rings is 2. The Labute approximate surface area is 194 Å². The highest BCUT2D eigenvalue weighted by Gasteiger charge is 2.19. The number of aromatic nitrogens is 1. The second kappa shape index (κ2) is 9.80. The number of pyridine rings is 1. The number of aliphatic hydroxyl groups excluding tert-OH is 1. The summed E-state index contributed by atoms with van der Waals surface area (Å²) in [7, 11) is 4.58. The first-order valence-corrected chi connectivity index (χ1v) is 10.4. The number of fused-ring (bicyclic) bond motifs is 1. The zero-order valence-corrected chi connectivity index (χ0v) is 18.8. The standard InChI is InChI=1S/C25H23FN2O6/c1-31-21-11-15(12-22(32-2)24(21)33-3)20-13-19-23(34-20)16(6-7-27-19)14-4-5-17(18(26)10-14)25(30)28-8-9-29/h4-7,10-13,29H,8-9H2,1-3H3,(H,28,30). The fourth-order valence-electron chi connectivity index (χ4n) is 3.66. The molecule has 4 rings (SSSR count). The van der Waals surface area contributed by atoms with E-state index >= 15 is 0 Å². The van der Waals surface area contributed by atoms with Crippen LogP contribution < -0.4 is 19.5 Å². The Morgan fingerprint density at radius 1 is 1.03 bits per heavy atom. The molecule has 0 atom stereocenters. The van der Waals surface area contributed by atoms with Gasteiger partial charge in [0.05, 0.1) is 33.5 Å². The molecule has 4 aromatic rings. The van der Waals surface area contributed by atoms with Crippen LogP contribution in [-0.2, 0) is 0 Å². The number of furan rings is 1. The fraction of sp³-hybridized carbons (Fsp3) is 0.200. The predicted octanol–water partition coefficient (Wildman–Crippen LogP) is 4.05. The minimum Gasteiger partial charge on any atom is -0.493 e. The molecule has 2 aromatic heterocycles. The third kappa shape index (κ3) is 4.25. The smallest absolute Gasteiger partial charge is 0.254 e. The van der Waals surface area contributed by atoms with Gasteiger partial charge in [-0.3, -0.25) is 9.78 Å². The van der Waals surface area contributed by atoms with Crippen LogP contribution in [0.3, 0.4) is 0 Å². The third-order valence-corrected chi connectivity index (χ3v) is 5.28. The van der Waals surface area contributed by atoms with Gasteiger partial charge in [0.2, 0.25) is 5.75 Å². The number of hydrogen-bond acceptors (Lipinski definition) is 7. The number of halogens is 1. The van der Waals surface area contributed by atoms with Crippen molar-refractivity contribution in [2.75, 3.05) is 34.5 Å². The molecule has 34 heavy (non-hydrogen) atoms. The van der Waals surface area contributed by atoms with E-state index in [9.17, 15) is 9.18 Å². The Morgan fingerprint density at radius 2 is 1.76 bits per heavy atom. The van der Waals surface area contributed by atoms with Crippen LogP contribution in [0.4, 0.5) is 4.39 Å². The molecule has 2 heterocycles. The molecule has 0 aliphatic heterocycles. The quantitative estimate of drug-likeness (QED) is 0.404. The molecule has 0 saturated carbocycles. The summed E-state index contributed by atoms with van der Waals surface area (Å²) < 4.78 is 37.1. The zero-order valence-electron chi connectivity index (χ0n) is 18.8. The number of ether oxygens (including phenoxy) is 3. The minimum atomic E-state index is -0.686. The molecular weight excluding hydrogens is 443 g/mol. The first kappa shape index (κ1) is 23.1. The van der Waals surface area contributed by atoms with E-state index in [0.29, 0.717) is 50.8 Å². The Kier molecular flexibility index (Phi) is 6.65. The number of hydrogen-bond donors (Lipinski definition) is 2. The number of rotatable bonds is 8. The molecule has 0 saturated heterocycles. The van der Waals surface area contributed by atoms with Gasteiger partial charge in [-0.25, -0.2) is 4.39 Å². The molecular formula is C25H23FN2O6. The second-order valence-corrected chi connectivity index (χ2v) is 7.27. The zero-order chi connectivity index (χ0) is 24.2. The molecule has 9 heteroatoms. The van der Waals surface area contributed by atoms with Crippen LogP contribution >= 0.6 is 0 Å². The highest BCUT2D eigenvalue weighted by molar-refractivity contribution is 5.96. The van der Waals surface area contributed by atoms with Gasteiger partial charge in [0.1, 0.15) is 17.1 Å². The number of nitrogens with one attached hydrogen (secondary N) is 1. The lowest BCUT2D eigenvalue weighted by Gasteiger charge is -2.13. The van der Waals surface area contributed by atoms with E-state index in [-0.39, 0.29) is 18.7 Å². The van der Waals surface area contributed by atoms with Crippen molar-refractivity contribution in [2.24, 2.45) is 0 Å². The summed E-state index contributed by atoms with van der Waals surface area (Å²) in [6.45, 7) is -0.186. The van der Waals surface area contributed by atoms with Gasteiger partial charge in [0.15, 0.2) is 17.1 Å². The van der Waals surface area contributed by atoms with Crippen molar-refractivity contribution in [3.8, 4) is 39.7 Å². The molecule has 0 aliphatic rings. The maximum atomic E-state index is 14.7. The van der Waals surface area contributed by atoms with Crippen LogP contribution in [0, 0.1) is 5.82 Å². The van der Waals surface area contributed by atoms with Crippen molar-refractivity contribution in [2.45, 2.75) is 0 Å². The summed E-state index contributed by atoms with van der Waals surface area (Å²) in [4.78, 5) is 16.4. The van der Waals surface area contributed by atoms with Crippen LogP contribution in [0.2, 0.25) is 0 Å². The normalized spacial score (nSPS) is 10.9. The highest BCUT2D eigenvalue weighted by Crippen LogP contribution is 2.42. The molecule has 0 spiro atoms. The van der Waals surface area contributed by atoms with Gasteiger partial charge < -0.3 is 29.1 Å². The van der Waals surface area contributed by atoms with E-state index in [4.69, 9.17) is 23.7 Å². The van der Waals surface area contributed by atoms with Crippen LogP contribution in [0.15, 0.2) is 53.1 Å². The van der Waals surface area contributed by atoms with Crippen molar-refractivity contribution in [3.05, 3.63) is 60.0 Å². The number of methoxy groups -OCH3 is 3. The molecule has 0 fully saturated rings. The molecule has 2 aromatic carbocycles. The number of nitrogens with zero attached hydrogens (tertiary/aromatic N) is 1. The fourth-order valence-corrected chi connectivity index (χ4v) is 3.66. The summed E-state index contributed by atoms with van der Waals surface area (Å²) in [5, 5.41) is 11.3. The Balaban J connectivity index is 1.77. The lowest BCUT2D eigenvalue weighted by Crippen LogP contribution is -2.27. The maximum Gasteiger partial charge on any atom is 0.254 e. The van der Waals surface area contributed by atoms with Crippen molar-refractivity contribution in [1.82, 2.24) is 10.3 Å². The van der Waals surface area contributed by atoms with E-state index < -0.39 is 11.7 Å². The average Bonchev–Trinajstić information content (AvgIpc) is 3.30. The largest absolute Gasteiger partial charge is 0.493 e.